The van der Waals surface area contributed by atoms with Gasteiger partial charge in [0, 0.05) is 18.8 Å². The molecule has 1 N–H and O–H groups in total. The number of amides is 1. The molecule has 0 aliphatic carbocycles. The van der Waals surface area contributed by atoms with E-state index in [1.165, 1.54) is 4.68 Å². The van der Waals surface area contributed by atoms with Gasteiger partial charge in [-0.15, -0.1) is 0 Å². The molecule has 1 aromatic carbocycles. The summed E-state index contributed by atoms with van der Waals surface area (Å²) in [6.45, 7) is 1.89. The number of nitrogens with one attached hydrogen (secondary N) is 1. The fourth-order valence-corrected chi connectivity index (χ4v) is 2.12. The number of nitrogens with zero attached hydrogens (tertiary/aromatic N) is 2. The molecule has 0 unspecified atom stereocenters. The molecule has 0 bridgehead atoms. The van der Waals surface area contributed by atoms with Gasteiger partial charge in [-0.2, -0.15) is 5.10 Å². The van der Waals surface area contributed by atoms with E-state index in [0.717, 1.165) is 5.56 Å². The van der Waals surface area contributed by atoms with Crippen LogP contribution in [0.5, 0.6) is 11.5 Å². The van der Waals surface area contributed by atoms with E-state index >= 15 is 0 Å². The van der Waals surface area contributed by atoms with Crippen molar-refractivity contribution in [2.45, 2.75) is 13.0 Å². The van der Waals surface area contributed by atoms with Crippen LogP contribution in [-0.2, 0) is 7.05 Å². The van der Waals surface area contributed by atoms with Crippen LogP contribution < -0.4 is 14.8 Å². The molecule has 0 saturated carbocycles. The van der Waals surface area contributed by atoms with Crippen LogP contribution in [0.2, 0.25) is 0 Å². The normalized spacial score (nSPS) is 11.8. The lowest BCUT2D eigenvalue weighted by atomic mass is 10.1. The van der Waals surface area contributed by atoms with E-state index in [4.69, 9.17) is 9.47 Å². The number of carbonyl (C=O) groups is 1. The summed E-state index contributed by atoms with van der Waals surface area (Å²) in [7, 11) is 4.93. The molecular formula is C15H19N3O3. The largest absolute Gasteiger partial charge is 0.497 e. The molecule has 0 fully saturated rings. The van der Waals surface area contributed by atoms with Crippen molar-refractivity contribution in [3.05, 3.63) is 41.7 Å². The topological polar surface area (TPSA) is 65.4 Å². The Morgan fingerprint density at radius 2 is 2.05 bits per heavy atom. The Bertz CT molecular complexity index is 637. The van der Waals surface area contributed by atoms with Crippen molar-refractivity contribution in [1.82, 2.24) is 15.1 Å². The summed E-state index contributed by atoms with van der Waals surface area (Å²) in [5.74, 6) is 1.23. The number of methoxy groups -OCH3 is 2. The molecule has 6 nitrogen and oxygen atoms in total. The van der Waals surface area contributed by atoms with Gasteiger partial charge in [-0.25, -0.2) is 0 Å². The first-order valence-corrected chi connectivity index (χ1v) is 6.57. The fourth-order valence-electron chi connectivity index (χ4n) is 2.12. The molecule has 1 aromatic heterocycles. The van der Waals surface area contributed by atoms with E-state index in [-0.39, 0.29) is 11.9 Å². The van der Waals surface area contributed by atoms with Crippen LogP contribution in [0.4, 0.5) is 0 Å². The van der Waals surface area contributed by atoms with Gasteiger partial charge in [0.15, 0.2) is 0 Å². The third-order valence-electron chi connectivity index (χ3n) is 3.30. The molecular weight excluding hydrogens is 270 g/mol. The fraction of sp³-hybridized carbons (Fsp3) is 0.333. The van der Waals surface area contributed by atoms with Gasteiger partial charge < -0.3 is 14.8 Å². The van der Waals surface area contributed by atoms with Crippen LogP contribution in [0, 0.1) is 0 Å². The number of benzene rings is 1. The van der Waals surface area contributed by atoms with Crippen LogP contribution in [0.1, 0.15) is 29.0 Å². The Kier molecular flexibility index (Phi) is 4.47. The van der Waals surface area contributed by atoms with E-state index in [9.17, 15) is 4.79 Å². The SMILES string of the molecule is COc1ccc(OC)c([C@H](C)NC(=O)c2ccnn2C)c1. The maximum atomic E-state index is 12.2. The van der Waals surface area contributed by atoms with Gasteiger partial charge in [0.2, 0.25) is 0 Å². The zero-order valence-corrected chi connectivity index (χ0v) is 12.6. The number of rotatable bonds is 5. The van der Waals surface area contributed by atoms with Crippen molar-refractivity contribution in [2.75, 3.05) is 14.2 Å². The molecule has 0 aliphatic rings. The van der Waals surface area contributed by atoms with Crippen molar-refractivity contribution in [2.24, 2.45) is 7.05 Å². The Hall–Kier alpha value is -2.50. The standard InChI is InChI=1S/C15H19N3O3/c1-10(17-15(19)13-7-8-16-18(13)2)12-9-11(20-3)5-6-14(12)21-4/h5-10H,1-4H3,(H,17,19)/t10-/m0/s1. The van der Waals surface area contributed by atoms with Crippen LogP contribution >= 0.6 is 0 Å². The second-order valence-electron chi connectivity index (χ2n) is 4.64. The number of hydrogen-bond acceptors (Lipinski definition) is 4. The van der Waals surface area contributed by atoms with Crippen molar-refractivity contribution in [1.29, 1.82) is 0 Å². The van der Waals surface area contributed by atoms with E-state index in [2.05, 4.69) is 10.4 Å². The highest BCUT2D eigenvalue weighted by Crippen LogP contribution is 2.29. The van der Waals surface area contributed by atoms with E-state index in [0.29, 0.717) is 17.2 Å². The lowest BCUT2D eigenvalue weighted by Gasteiger charge is -2.18. The Morgan fingerprint density at radius 1 is 1.29 bits per heavy atom. The summed E-state index contributed by atoms with van der Waals surface area (Å²) in [6.07, 6.45) is 1.59. The second-order valence-corrected chi connectivity index (χ2v) is 4.64. The molecule has 0 radical (unpaired) electrons. The molecule has 0 spiro atoms. The van der Waals surface area contributed by atoms with Crippen LogP contribution in [0.25, 0.3) is 0 Å². The van der Waals surface area contributed by atoms with Gasteiger partial charge in [-0.05, 0) is 31.2 Å². The number of ether oxygens (including phenoxy) is 2. The van der Waals surface area contributed by atoms with Gasteiger partial charge in [-0.3, -0.25) is 9.48 Å². The van der Waals surface area contributed by atoms with Crippen LogP contribution in [-0.4, -0.2) is 29.9 Å². The maximum Gasteiger partial charge on any atom is 0.270 e. The number of hydrogen-bond donors (Lipinski definition) is 1. The molecule has 0 saturated heterocycles. The van der Waals surface area contributed by atoms with Gasteiger partial charge in [-0.1, -0.05) is 0 Å². The molecule has 1 heterocycles. The molecule has 112 valence electrons. The third-order valence-corrected chi connectivity index (χ3v) is 3.30. The van der Waals surface area contributed by atoms with E-state index in [1.54, 1.807) is 33.5 Å². The van der Waals surface area contributed by atoms with Crippen molar-refractivity contribution < 1.29 is 14.3 Å². The van der Waals surface area contributed by atoms with E-state index in [1.807, 2.05) is 25.1 Å². The first kappa shape index (κ1) is 14.9. The second kappa shape index (κ2) is 6.30. The highest BCUT2D eigenvalue weighted by atomic mass is 16.5. The summed E-state index contributed by atoms with van der Waals surface area (Å²) in [5, 5.41) is 6.92. The van der Waals surface area contributed by atoms with Crippen molar-refractivity contribution in [3.63, 3.8) is 0 Å². The minimum absolute atomic E-state index is 0.188. The number of aromatic nitrogens is 2. The van der Waals surface area contributed by atoms with E-state index < -0.39 is 0 Å². The zero-order chi connectivity index (χ0) is 15.4. The maximum absolute atomic E-state index is 12.2. The summed E-state index contributed by atoms with van der Waals surface area (Å²) in [4.78, 5) is 12.2. The molecule has 2 aromatic rings. The number of carbonyl (C=O) groups excluding carboxylic acids is 1. The van der Waals surface area contributed by atoms with Crippen molar-refractivity contribution in [3.8, 4) is 11.5 Å². The highest BCUT2D eigenvalue weighted by Gasteiger charge is 2.17. The Balaban J connectivity index is 2.22. The van der Waals surface area contributed by atoms with Gasteiger partial charge in [0.25, 0.3) is 5.91 Å². The predicted molar refractivity (Wildman–Crippen MR) is 78.6 cm³/mol. The Labute approximate surface area is 123 Å². The third kappa shape index (κ3) is 3.16. The monoisotopic (exact) mass is 289 g/mol. The van der Waals surface area contributed by atoms with Crippen LogP contribution in [0.3, 0.4) is 0 Å². The first-order chi connectivity index (χ1) is 10.1. The van der Waals surface area contributed by atoms with Gasteiger partial charge in [0.1, 0.15) is 17.2 Å². The molecule has 0 aliphatic heterocycles. The smallest absolute Gasteiger partial charge is 0.270 e. The van der Waals surface area contributed by atoms with Crippen molar-refractivity contribution >= 4 is 5.91 Å². The summed E-state index contributed by atoms with van der Waals surface area (Å²) < 4.78 is 12.1. The highest BCUT2D eigenvalue weighted by molar-refractivity contribution is 5.92. The summed E-state index contributed by atoms with van der Waals surface area (Å²) in [5.41, 5.74) is 1.36. The average Bonchev–Trinajstić information content (AvgIpc) is 2.92. The predicted octanol–water partition coefficient (Wildman–Crippen LogP) is 1.93. The zero-order valence-electron chi connectivity index (χ0n) is 12.6. The first-order valence-electron chi connectivity index (χ1n) is 6.57. The molecule has 21 heavy (non-hydrogen) atoms. The molecule has 1 atom stereocenters. The Morgan fingerprint density at radius 3 is 2.62 bits per heavy atom. The molecule has 2 rings (SSSR count). The summed E-state index contributed by atoms with van der Waals surface area (Å²) >= 11 is 0. The lowest BCUT2D eigenvalue weighted by molar-refractivity contribution is 0.0930. The minimum Gasteiger partial charge on any atom is -0.497 e. The van der Waals surface area contributed by atoms with Gasteiger partial charge in [0.05, 0.1) is 20.3 Å². The minimum atomic E-state index is -0.225. The quantitative estimate of drug-likeness (QED) is 0.913. The average molecular weight is 289 g/mol. The lowest BCUT2D eigenvalue weighted by Crippen LogP contribution is -2.28. The van der Waals surface area contributed by atoms with Crippen LogP contribution in [0.15, 0.2) is 30.5 Å². The summed E-state index contributed by atoms with van der Waals surface area (Å²) in [6, 6.07) is 6.94. The molecule has 6 heteroatoms. The number of aryl methyl sites for hydroxylation is 1. The molecule has 1 amide bonds. The van der Waals surface area contributed by atoms with Gasteiger partial charge >= 0.3 is 0 Å².